The Hall–Kier alpha value is -2.01. The second kappa shape index (κ2) is 8.14. The number of phenolic OH excluding ortho intramolecular Hbond substituents is 1. The van der Waals surface area contributed by atoms with Gasteiger partial charge in [-0.2, -0.15) is 0 Å². The second-order valence-corrected chi connectivity index (χ2v) is 3.42. The number of benzene rings is 1. The zero-order valence-corrected chi connectivity index (χ0v) is 10.2. The number of hydrogen-bond donors (Lipinski definition) is 1. The van der Waals surface area contributed by atoms with E-state index in [4.69, 9.17) is 9.84 Å². The molecule has 0 bridgehead atoms. The Labute approximate surface area is 106 Å². The van der Waals surface area contributed by atoms with Crippen LogP contribution in [0.2, 0.25) is 0 Å². The van der Waals surface area contributed by atoms with Crippen LogP contribution in [0.5, 0.6) is 5.75 Å². The van der Waals surface area contributed by atoms with Crippen LogP contribution in [0, 0.1) is 0 Å². The predicted octanol–water partition coefficient (Wildman–Crippen LogP) is 2.25. The van der Waals surface area contributed by atoms with E-state index in [2.05, 4.69) is 9.47 Å². The van der Waals surface area contributed by atoms with Gasteiger partial charge in [0.2, 0.25) is 0 Å². The van der Waals surface area contributed by atoms with E-state index in [1.165, 1.54) is 7.11 Å². The van der Waals surface area contributed by atoms with Gasteiger partial charge in [0, 0.05) is 0 Å². The van der Waals surface area contributed by atoms with E-state index in [0.717, 1.165) is 5.56 Å². The Kier molecular flexibility index (Phi) is 6.35. The van der Waals surface area contributed by atoms with Crippen molar-refractivity contribution in [3.8, 4) is 5.75 Å². The SMILES string of the molecule is COC(=O)OC/C=C/COCc1ccc(O)cc1. The van der Waals surface area contributed by atoms with Gasteiger partial charge < -0.3 is 19.3 Å². The smallest absolute Gasteiger partial charge is 0.508 e. The second-order valence-electron chi connectivity index (χ2n) is 3.42. The molecule has 18 heavy (non-hydrogen) atoms. The summed E-state index contributed by atoms with van der Waals surface area (Å²) in [4.78, 5) is 10.6. The molecule has 0 spiro atoms. The van der Waals surface area contributed by atoms with Gasteiger partial charge in [0.25, 0.3) is 0 Å². The van der Waals surface area contributed by atoms with Crippen LogP contribution in [-0.2, 0) is 20.8 Å². The Morgan fingerprint density at radius 1 is 1.22 bits per heavy atom. The molecule has 0 heterocycles. The van der Waals surface area contributed by atoms with Gasteiger partial charge in [-0.15, -0.1) is 0 Å². The molecule has 0 unspecified atom stereocenters. The first-order chi connectivity index (χ1) is 8.72. The van der Waals surface area contributed by atoms with Crippen molar-refractivity contribution in [3.05, 3.63) is 42.0 Å². The van der Waals surface area contributed by atoms with Crippen molar-refractivity contribution in [1.82, 2.24) is 0 Å². The highest BCUT2D eigenvalue weighted by molar-refractivity contribution is 5.59. The lowest BCUT2D eigenvalue weighted by Gasteiger charge is -2.02. The van der Waals surface area contributed by atoms with Gasteiger partial charge in [-0.05, 0) is 23.8 Å². The number of phenols is 1. The summed E-state index contributed by atoms with van der Waals surface area (Å²) in [5.74, 6) is 0.235. The predicted molar refractivity (Wildman–Crippen MR) is 65.3 cm³/mol. The molecule has 0 aliphatic carbocycles. The fourth-order valence-corrected chi connectivity index (χ4v) is 1.15. The van der Waals surface area contributed by atoms with Crippen molar-refractivity contribution < 1.29 is 24.1 Å². The van der Waals surface area contributed by atoms with Crippen LogP contribution in [0.1, 0.15) is 5.56 Å². The molecule has 0 amide bonds. The maximum atomic E-state index is 10.6. The standard InChI is InChI=1S/C13H16O5/c1-16-13(15)18-9-3-2-8-17-10-11-4-6-12(14)7-5-11/h2-7,14H,8-10H2,1H3/b3-2+. The Balaban J connectivity index is 2.09. The molecule has 5 nitrogen and oxygen atoms in total. The van der Waals surface area contributed by atoms with E-state index in [9.17, 15) is 4.79 Å². The zero-order chi connectivity index (χ0) is 13.2. The van der Waals surface area contributed by atoms with Crippen molar-refractivity contribution in [1.29, 1.82) is 0 Å². The van der Waals surface area contributed by atoms with Gasteiger partial charge in [0.05, 0.1) is 20.3 Å². The first-order valence-electron chi connectivity index (χ1n) is 5.44. The number of carbonyl (C=O) groups excluding carboxylic acids is 1. The van der Waals surface area contributed by atoms with Crippen molar-refractivity contribution in [2.45, 2.75) is 6.61 Å². The molecule has 0 saturated carbocycles. The quantitative estimate of drug-likeness (QED) is 0.478. The summed E-state index contributed by atoms with van der Waals surface area (Å²) in [6, 6.07) is 6.80. The van der Waals surface area contributed by atoms with Crippen LogP contribution in [0.15, 0.2) is 36.4 Å². The lowest BCUT2D eigenvalue weighted by atomic mass is 10.2. The highest BCUT2D eigenvalue weighted by Crippen LogP contribution is 2.10. The maximum absolute atomic E-state index is 10.6. The summed E-state index contributed by atoms with van der Waals surface area (Å²) in [5.41, 5.74) is 0.979. The molecule has 0 aliphatic rings. The van der Waals surface area contributed by atoms with Gasteiger partial charge >= 0.3 is 6.16 Å². The number of carbonyl (C=O) groups is 1. The number of hydrogen-bond acceptors (Lipinski definition) is 5. The fraction of sp³-hybridized carbons (Fsp3) is 0.308. The molecule has 1 rings (SSSR count). The third-order valence-electron chi connectivity index (χ3n) is 2.05. The summed E-state index contributed by atoms with van der Waals surface area (Å²) in [5, 5.41) is 9.09. The minimum absolute atomic E-state index is 0.162. The average Bonchev–Trinajstić information content (AvgIpc) is 2.39. The third-order valence-corrected chi connectivity index (χ3v) is 2.05. The minimum atomic E-state index is -0.704. The molecule has 0 radical (unpaired) electrons. The molecule has 0 saturated heterocycles. The lowest BCUT2D eigenvalue weighted by Crippen LogP contribution is -2.03. The zero-order valence-electron chi connectivity index (χ0n) is 10.2. The molecule has 0 fully saturated rings. The summed E-state index contributed by atoms with van der Waals surface area (Å²) in [7, 11) is 1.26. The summed E-state index contributed by atoms with van der Waals surface area (Å²) < 4.78 is 14.3. The van der Waals surface area contributed by atoms with Gasteiger partial charge in [0.1, 0.15) is 12.4 Å². The van der Waals surface area contributed by atoms with Crippen LogP contribution in [-0.4, -0.2) is 31.6 Å². The summed E-state index contributed by atoms with van der Waals surface area (Å²) in [6.45, 7) is 1.04. The maximum Gasteiger partial charge on any atom is 0.508 e. The Morgan fingerprint density at radius 3 is 2.56 bits per heavy atom. The molecule has 5 heteroatoms. The van der Waals surface area contributed by atoms with Crippen LogP contribution in [0.3, 0.4) is 0 Å². The molecule has 1 aromatic rings. The molecule has 0 aliphatic heterocycles. The Bertz CT molecular complexity index is 383. The van der Waals surface area contributed by atoms with E-state index in [1.54, 1.807) is 36.4 Å². The lowest BCUT2D eigenvalue weighted by molar-refractivity contribution is 0.0814. The van der Waals surface area contributed by atoms with E-state index >= 15 is 0 Å². The molecule has 0 aromatic heterocycles. The van der Waals surface area contributed by atoms with Gasteiger partial charge in [-0.1, -0.05) is 18.2 Å². The number of ether oxygens (including phenoxy) is 3. The molecule has 98 valence electrons. The third kappa shape index (κ3) is 5.91. The van der Waals surface area contributed by atoms with E-state index in [0.29, 0.717) is 13.2 Å². The molecule has 1 aromatic carbocycles. The number of rotatable bonds is 6. The fourth-order valence-electron chi connectivity index (χ4n) is 1.15. The first kappa shape index (κ1) is 14.1. The monoisotopic (exact) mass is 252 g/mol. The highest BCUT2D eigenvalue weighted by atomic mass is 16.7. The van der Waals surface area contributed by atoms with Crippen molar-refractivity contribution in [2.24, 2.45) is 0 Å². The van der Waals surface area contributed by atoms with Crippen molar-refractivity contribution in [2.75, 3.05) is 20.3 Å². The minimum Gasteiger partial charge on any atom is -0.508 e. The topological polar surface area (TPSA) is 65.0 Å². The van der Waals surface area contributed by atoms with Crippen molar-refractivity contribution >= 4 is 6.16 Å². The summed E-state index contributed by atoms with van der Waals surface area (Å²) in [6.07, 6.45) is 2.72. The van der Waals surface area contributed by atoms with Crippen LogP contribution >= 0.6 is 0 Å². The van der Waals surface area contributed by atoms with Gasteiger partial charge in [-0.25, -0.2) is 4.79 Å². The summed E-state index contributed by atoms with van der Waals surface area (Å²) >= 11 is 0. The van der Waals surface area contributed by atoms with Gasteiger partial charge in [-0.3, -0.25) is 0 Å². The van der Waals surface area contributed by atoms with E-state index in [1.807, 2.05) is 0 Å². The van der Waals surface area contributed by atoms with E-state index in [-0.39, 0.29) is 12.4 Å². The average molecular weight is 252 g/mol. The van der Waals surface area contributed by atoms with Crippen LogP contribution in [0.25, 0.3) is 0 Å². The molecule has 1 N–H and O–H groups in total. The first-order valence-corrected chi connectivity index (χ1v) is 5.44. The van der Waals surface area contributed by atoms with Crippen LogP contribution in [0.4, 0.5) is 4.79 Å². The Morgan fingerprint density at radius 2 is 1.89 bits per heavy atom. The van der Waals surface area contributed by atoms with Gasteiger partial charge in [0.15, 0.2) is 0 Å². The molecule has 0 atom stereocenters. The molecular formula is C13H16O5. The van der Waals surface area contributed by atoms with Crippen LogP contribution < -0.4 is 0 Å². The van der Waals surface area contributed by atoms with E-state index < -0.39 is 6.16 Å². The largest absolute Gasteiger partial charge is 0.508 e. The highest BCUT2D eigenvalue weighted by Gasteiger charge is 1.95. The number of aromatic hydroxyl groups is 1. The van der Waals surface area contributed by atoms with Crippen molar-refractivity contribution in [3.63, 3.8) is 0 Å². The normalized spacial score (nSPS) is 10.5. The molecular weight excluding hydrogens is 236 g/mol. The number of methoxy groups -OCH3 is 1.